The number of ketones is 1. The Morgan fingerprint density at radius 2 is 1.88 bits per heavy atom. The number of carbonyl (C=O) groups is 1. The number of carbonyl (C=O) groups excluding carboxylic acids is 1. The molecular weight excluding hydrogens is 382 g/mol. The molecule has 0 fully saturated rings. The van der Waals surface area contributed by atoms with Gasteiger partial charge in [-0.1, -0.05) is 28.1 Å². The minimum atomic E-state index is -2.93. The van der Waals surface area contributed by atoms with Crippen molar-refractivity contribution in [3.63, 3.8) is 0 Å². The van der Waals surface area contributed by atoms with Crippen molar-refractivity contribution in [3.8, 4) is 11.5 Å². The third-order valence-electron chi connectivity index (χ3n) is 3.04. The molecule has 0 saturated carbocycles. The summed E-state index contributed by atoms with van der Waals surface area (Å²) in [5.41, 5.74) is 1.20. The van der Waals surface area contributed by atoms with E-state index in [1.54, 1.807) is 49.4 Å². The zero-order valence-corrected chi connectivity index (χ0v) is 14.4. The molecule has 2 rings (SSSR count). The molecule has 0 aliphatic heterocycles. The molecule has 2 aromatic rings. The van der Waals surface area contributed by atoms with E-state index >= 15 is 0 Å². The summed E-state index contributed by atoms with van der Waals surface area (Å²) in [4.78, 5) is 12.1. The van der Waals surface area contributed by atoms with Crippen LogP contribution in [0.4, 0.5) is 8.78 Å². The van der Waals surface area contributed by atoms with Gasteiger partial charge in [0, 0.05) is 10.0 Å². The molecule has 0 saturated heterocycles. The first kappa shape index (κ1) is 18.1. The molecule has 0 spiro atoms. The lowest BCUT2D eigenvalue weighted by Gasteiger charge is -2.11. The van der Waals surface area contributed by atoms with Crippen molar-refractivity contribution < 1.29 is 23.0 Å². The van der Waals surface area contributed by atoms with Crippen LogP contribution in [0, 0.1) is 0 Å². The molecule has 3 nitrogen and oxygen atoms in total. The number of hydrogen-bond donors (Lipinski definition) is 0. The SMILES string of the molecule is CCOc1cc(/C=C/C(=O)c2ccc(Br)cc2)ccc1OC(F)F. The highest BCUT2D eigenvalue weighted by atomic mass is 79.9. The fourth-order valence-electron chi connectivity index (χ4n) is 1.97. The van der Waals surface area contributed by atoms with Gasteiger partial charge < -0.3 is 9.47 Å². The average Bonchev–Trinajstić information content (AvgIpc) is 2.55. The predicted molar refractivity (Wildman–Crippen MR) is 91.7 cm³/mol. The van der Waals surface area contributed by atoms with Crippen LogP contribution >= 0.6 is 15.9 Å². The van der Waals surface area contributed by atoms with Crippen molar-refractivity contribution in [2.75, 3.05) is 6.61 Å². The van der Waals surface area contributed by atoms with Crippen LogP contribution in [0.1, 0.15) is 22.8 Å². The molecule has 0 amide bonds. The van der Waals surface area contributed by atoms with Crippen molar-refractivity contribution in [1.82, 2.24) is 0 Å². The topological polar surface area (TPSA) is 35.5 Å². The van der Waals surface area contributed by atoms with E-state index in [2.05, 4.69) is 20.7 Å². The van der Waals surface area contributed by atoms with E-state index in [4.69, 9.17) is 4.74 Å². The molecule has 0 bridgehead atoms. The lowest BCUT2D eigenvalue weighted by molar-refractivity contribution is -0.0514. The predicted octanol–water partition coefficient (Wildman–Crippen LogP) is 5.35. The Balaban J connectivity index is 2.17. The molecule has 0 aromatic heterocycles. The average molecular weight is 397 g/mol. The fourth-order valence-corrected chi connectivity index (χ4v) is 2.24. The number of alkyl halides is 2. The van der Waals surface area contributed by atoms with Crippen molar-refractivity contribution >= 4 is 27.8 Å². The van der Waals surface area contributed by atoms with Gasteiger partial charge >= 0.3 is 6.61 Å². The van der Waals surface area contributed by atoms with E-state index in [0.29, 0.717) is 17.7 Å². The van der Waals surface area contributed by atoms with E-state index in [-0.39, 0.29) is 17.3 Å². The quantitative estimate of drug-likeness (QED) is 0.467. The Kier molecular flexibility index (Phi) is 6.49. The van der Waals surface area contributed by atoms with Gasteiger partial charge in [0.25, 0.3) is 0 Å². The van der Waals surface area contributed by atoms with Crippen LogP contribution in [0.2, 0.25) is 0 Å². The summed E-state index contributed by atoms with van der Waals surface area (Å²) < 4.78 is 35.3. The minimum absolute atomic E-state index is 0.0387. The van der Waals surface area contributed by atoms with Crippen molar-refractivity contribution in [2.24, 2.45) is 0 Å². The first-order valence-electron chi connectivity index (χ1n) is 7.19. The van der Waals surface area contributed by atoms with Gasteiger partial charge in [-0.25, -0.2) is 0 Å². The second-order valence-electron chi connectivity index (χ2n) is 4.72. The number of rotatable bonds is 7. The Hall–Kier alpha value is -2.21. The maximum absolute atomic E-state index is 12.4. The van der Waals surface area contributed by atoms with Gasteiger partial charge in [0.2, 0.25) is 0 Å². The molecule has 126 valence electrons. The van der Waals surface area contributed by atoms with Gasteiger partial charge in [-0.15, -0.1) is 0 Å². The maximum atomic E-state index is 12.4. The first-order chi connectivity index (χ1) is 11.5. The first-order valence-corrected chi connectivity index (χ1v) is 7.98. The van der Waals surface area contributed by atoms with Gasteiger partial charge in [0.1, 0.15) is 0 Å². The smallest absolute Gasteiger partial charge is 0.387 e. The van der Waals surface area contributed by atoms with E-state index in [1.165, 1.54) is 12.1 Å². The minimum Gasteiger partial charge on any atom is -0.490 e. The normalized spacial score (nSPS) is 11.0. The summed E-state index contributed by atoms with van der Waals surface area (Å²) >= 11 is 3.31. The van der Waals surface area contributed by atoms with Crippen LogP contribution < -0.4 is 9.47 Å². The summed E-state index contributed by atoms with van der Waals surface area (Å²) in [6, 6.07) is 11.5. The monoisotopic (exact) mass is 396 g/mol. The van der Waals surface area contributed by atoms with Crippen molar-refractivity contribution in [3.05, 3.63) is 64.1 Å². The van der Waals surface area contributed by atoms with Crippen LogP contribution in [0.15, 0.2) is 53.0 Å². The molecule has 2 aromatic carbocycles. The lowest BCUT2D eigenvalue weighted by atomic mass is 10.1. The molecule has 0 unspecified atom stereocenters. The highest BCUT2D eigenvalue weighted by molar-refractivity contribution is 9.10. The molecule has 24 heavy (non-hydrogen) atoms. The van der Waals surface area contributed by atoms with Crippen LogP contribution in [-0.4, -0.2) is 19.0 Å². The van der Waals surface area contributed by atoms with E-state index in [0.717, 1.165) is 4.47 Å². The standard InChI is InChI=1S/C18H15BrF2O3/c1-2-23-17-11-12(4-10-16(17)24-18(20)21)3-9-15(22)13-5-7-14(19)8-6-13/h3-11,18H,2H2,1H3/b9-3+. The van der Waals surface area contributed by atoms with Gasteiger partial charge in [0.05, 0.1) is 6.61 Å². The summed E-state index contributed by atoms with van der Waals surface area (Å²) in [6.07, 6.45) is 3.01. The molecule has 0 radical (unpaired) electrons. The summed E-state index contributed by atoms with van der Waals surface area (Å²) in [5.74, 6) is 0.00708. The number of hydrogen-bond acceptors (Lipinski definition) is 3. The molecular formula is C18H15BrF2O3. The van der Waals surface area contributed by atoms with Crippen molar-refractivity contribution in [2.45, 2.75) is 13.5 Å². The third-order valence-corrected chi connectivity index (χ3v) is 3.57. The largest absolute Gasteiger partial charge is 0.490 e. The molecule has 0 aliphatic rings. The van der Waals surface area contributed by atoms with Gasteiger partial charge in [0.15, 0.2) is 17.3 Å². The molecule has 0 heterocycles. The van der Waals surface area contributed by atoms with Crippen LogP contribution in [-0.2, 0) is 0 Å². The number of ether oxygens (including phenoxy) is 2. The lowest BCUT2D eigenvalue weighted by Crippen LogP contribution is -2.04. The van der Waals surface area contributed by atoms with Gasteiger partial charge in [-0.2, -0.15) is 8.78 Å². The number of allylic oxidation sites excluding steroid dienone is 1. The Bertz CT molecular complexity index is 728. The molecule has 6 heteroatoms. The Morgan fingerprint density at radius 3 is 2.50 bits per heavy atom. The second-order valence-corrected chi connectivity index (χ2v) is 5.64. The van der Waals surface area contributed by atoms with E-state index in [9.17, 15) is 13.6 Å². The van der Waals surface area contributed by atoms with Gasteiger partial charge in [-0.3, -0.25) is 4.79 Å². The summed E-state index contributed by atoms with van der Waals surface area (Å²) in [7, 11) is 0. The number of halogens is 3. The van der Waals surface area contributed by atoms with E-state index < -0.39 is 6.61 Å². The molecule has 0 aliphatic carbocycles. The summed E-state index contributed by atoms with van der Waals surface area (Å²) in [5, 5.41) is 0. The maximum Gasteiger partial charge on any atom is 0.387 e. The zero-order chi connectivity index (χ0) is 17.5. The molecule has 0 N–H and O–H groups in total. The van der Waals surface area contributed by atoms with E-state index in [1.807, 2.05) is 0 Å². The van der Waals surface area contributed by atoms with Crippen LogP contribution in [0.3, 0.4) is 0 Å². The van der Waals surface area contributed by atoms with Gasteiger partial charge in [-0.05, 0) is 55.0 Å². The summed E-state index contributed by atoms with van der Waals surface area (Å²) in [6.45, 7) is -0.874. The third kappa shape index (κ3) is 5.16. The zero-order valence-electron chi connectivity index (χ0n) is 12.8. The Labute approximate surface area is 147 Å². The highest BCUT2D eigenvalue weighted by Crippen LogP contribution is 2.30. The Morgan fingerprint density at radius 1 is 1.17 bits per heavy atom. The fraction of sp³-hybridized carbons (Fsp3) is 0.167. The van der Waals surface area contributed by atoms with Crippen LogP contribution in [0.25, 0.3) is 6.08 Å². The van der Waals surface area contributed by atoms with Crippen molar-refractivity contribution in [1.29, 1.82) is 0 Å². The second kappa shape index (κ2) is 8.59. The molecule has 0 atom stereocenters. The highest BCUT2D eigenvalue weighted by Gasteiger charge is 2.11. The number of benzene rings is 2. The van der Waals surface area contributed by atoms with Crippen LogP contribution in [0.5, 0.6) is 11.5 Å².